The summed E-state index contributed by atoms with van der Waals surface area (Å²) in [6.07, 6.45) is 1.07. The van der Waals surface area contributed by atoms with E-state index in [2.05, 4.69) is 64.8 Å². The SMILES string of the molecule is BrCCCN1c2ccc(Br)cc2Oc2cc(Br)ccc21. The Kier molecular flexibility index (Phi) is 4.38. The average Bonchev–Trinajstić information content (AvgIpc) is 2.43. The van der Waals surface area contributed by atoms with Crippen molar-refractivity contribution in [1.82, 2.24) is 0 Å². The van der Waals surface area contributed by atoms with Gasteiger partial charge in [-0.25, -0.2) is 0 Å². The molecule has 104 valence electrons. The Bertz CT molecular complexity index is 594. The fourth-order valence-corrected chi connectivity index (χ4v) is 3.22. The molecule has 3 rings (SSSR count). The number of benzene rings is 2. The zero-order valence-electron chi connectivity index (χ0n) is 10.6. The van der Waals surface area contributed by atoms with Crippen molar-refractivity contribution in [3.8, 4) is 11.5 Å². The molecular weight excluding hydrogens is 450 g/mol. The van der Waals surface area contributed by atoms with Crippen LogP contribution in [0.25, 0.3) is 0 Å². The Morgan fingerprint density at radius 3 is 1.95 bits per heavy atom. The van der Waals surface area contributed by atoms with Gasteiger partial charge >= 0.3 is 0 Å². The van der Waals surface area contributed by atoms with Crippen LogP contribution in [0.4, 0.5) is 11.4 Å². The van der Waals surface area contributed by atoms with E-state index in [1.807, 2.05) is 24.3 Å². The van der Waals surface area contributed by atoms with Crippen LogP contribution in [0.5, 0.6) is 11.5 Å². The number of hydrogen-bond donors (Lipinski definition) is 0. The van der Waals surface area contributed by atoms with Crippen molar-refractivity contribution in [2.24, 2.45) is 0 Å². The second kappa shape index (κ2) is 6.08. The fraction of sp³-hybridized carbons (Fsp3) is 0.200. The fourth-order valence-electron chi connectivity index (χ4n) is 2.29. The van der Waals surface area contributed by atoms with Crippen LogP contribution < -0.4 is 9.64 Å². The summed E-state index contributed by atoms with van der Waals surface area (Å²) in [5, 5.41) is 0.988. The van der Waals surface area contributed by atoms with Gasteiger partial charge < -0.3 is 9.64 Å². The molecule has 1 aliphatic heterocycles. The Morgan fingerprint density at radius 1 is 0.900 bits per heavy atom. The molecule has 0 N–H and O–H groups in total. The van der Waals surface area contributed by atoms with Gasteiger partial charge in [-0.15, -0.1) is 0 Å². The maximum atomic E-state index is 6.04. The molecule has 0 spiro atoms. The van der Waals surface area contributed by atoms with Crippen molar-refractivity contribution in [3.05, 3.63) is 45.3 Å². The van der Waals surface area contributed by atoms with Crippen LogP contribution in [0.15, 0.2) is 45.3 Å². The quantitative estimate of drug-likeness (QED) is 0.501. The van der Waals surface area contributed by atoms with E-state index in [0.717, 1.165) is 50.1 Å². The molecule has 2 aromatic carbocycles. The van der Waals surface area contributed by atoms with Crippen molar-refractivity contribution >= 4 is 59.2 Å². The summed E-state index contributed by atoms with van der Waals surface area (Å²) >= 11 is 10.5. The van der Waals surface area contributed by atoms with Crippen LogP contribution in [-0.2, 0) is 0 Å². The minimum atomic E-state index is 0.888. The Morgan fingerprint density at radius 2 is 1.45 bits per heavy atom. The number of ether oxygens (including phenoxy) is 1. The highest BCUT2D eigenvalue weighted by Crippen LogP contribution is 2.48. The Balaban J connectivity index is 2.08. The molecule has 0 aromatic heterocycles. The summed E-state index contributed by atoms with van der Waals surface area (Å²) in [5.41, 5.74) is 2.23. The first-order valence-corrected chi connectivity index (χ1v) is 9.00. The van der Waals surface area contributed by atoms with E-state index in [4.69, 9.17) is 4.74 Å². The van der Waals surface area contributed by atoms with E-state index >= 15 is 0 Å². The van der Waals surface area contributed by atoms with E-state index < -0.39 is 0 Å². The lowest BCUT2D eigenvalue weighted by Gasteiger charge is -2.33. The second-order valence-corrected chi connectivity index (χ2v) is 7.14. The maximum absolute atomic E-state index is 6.04. The lowest BCUT2D eigenvalue weighted by Crippen LogP contribution is -2.22. The number of alkyl halides is 1. The summed E-state index contributed by atoms with van der Waals surface area (Å²) in [5.74, 6) is 1.78. The molecule has 0 saturated heterocycles. The highest BCUT2D eigenvalue weighted by atomic mass is 79.9. The number of hydrogen-bond acceptors (Lipinski definition) is 2. The predicted molar refractivity (Wildman–Crippen MR) is 93.8 cm³/mol. The van der Waals surface area contributed by atoms with Crippen LogP contribution in [0.1, 0.15) is 6.42 Å². The largest absolute Gasteiger partial charge is 0.453 e. The van der Waals surface area contributed by atoms with E-state index in [-0.39, 0.29) is 0 Å². The number of fused-ring (bicyclic) bond motifs is 2. The van der Waals surface area contributed by atoms with Gasteiger partial charge in [-0.3, -0.25) is 0 Å². The Labute approximate surface area is 143 Å². The minimum Gasteiger partial charge on any atom is -0.453 e. The summed E-state index contributed by atoms with van der Waals surface area (Å²) in [6.45, 7) is 0.956. The summed E-state index contributed by atoms with van der Waals surface area (Å²) < 4.78 is 8.08. The monoisotopic (exact) mass is 459 g/mol. The smallest absolute Gasteiger partial charge is 0.152 e. The van der Waals surface area contributed by atoms with Crippen molar-refractivity contribution in [2.45, 2.75) is 6.42 Å². The summed E-state index contributed by atoms with van der Waals surface area (Å²) in [4.78, 5) is 2.31. The standard InChI is InChI=1S/C15H12Br3NO/c16-6-1-7-19-12-4-2-10(17)8-14(12)20-15-9-11(18)3-5-13(15)19/h2-5,8-9H,1,6-7H2. The van der Waals surface area contributed by atoms with Gasteiger partial charge in [0.15, 0.2) is 11.5 Å². The predicted octanol–water partition coefficient (Wildman–Crippen LogP) is 6.24. The molecule has 0 aliphatic carbocycles. The first-order valence-electron chi connectivity index (χ1n) is 6.29. The van der Waals surface area contributed by atoms with Crippen LogP contribution >= 0.6 is 47.8 Å². The summed E-state index contributed by atoms with van der Waals surface area (Å²) in [7, 11) is 0. The van der Waals surface area contributed by atoms with Gasteiger partial charge in [-0.2, -0.15) is 0 Å². The lowest BCUT2D eigenvalue weighted by molar-refractivity contribution is 0.472. The van der Waals surface area contributed by atoms with Gasteiger partial charge in [-0.05, 0) is 42.8 Å². The van der Waals surface area contributed by atoms with Crippen molar-refractivity contribution in [3.63, 3.8) is 0 Å². The average molecular weight is 462 g/mol. The lowest BCUT2D eigenvalue weighted by atomic mass is 10.1. The number of anilines is 2. The van der Waals surface area contributed by atoms with E-state index in [1.54, 1.807) is 0 Å². The van der Waals surface area contributed by atoms with E-state index in [1.165, 1.54) is 0 Å². The van der Waals surface area contributed by atoms with Crippen LogP contribution in [0, 0.1) is 0 Å². The molecule has 20 heavy (non-hydrogen) atoms. The molecular formula is C15H12Br3NO. The molecule has 2 aromatic rings. The summed E-state index contributed by atoms with van der Waals surface area (Å²) in [6, 6.07) is 12.3. The van der Waals surface area contributed by atoms with Gasteiger partial charge in [0, 0.05) is 20.8 Å². The van der Waals surface area contributed by atoms with Crippen LogP contribution in [-0.4, -0.2) is 11.9 Å². The third kappa shape index (κ3) is 2.76. The topological polar surface area (TPSA) is 12.5 Å². The molecule has 1 heterocycles. The first kappa shape index (κ1) is 14.4. The molecule has 0 saturated carbocycles. The molecule has 0 atom stereocenters. The van der Waals surface area contributed by atoms with Crippen LogP contribution in [0.3, 0.4) is 0 Å². The van der Waals surface area contributed by atoms with Gasteiger partial charge in [-0.1, -0.05) is 47.8 Å². The van der Waals surface area contributed by atoms with Crippen molar-refractivity contribution < 1.29 is 4.74 Å². The molecule has 0 radical (unpaired) electrons. The second-order valence-electron chi connectivity index (χ2n) is 4.52. The van der Waals surface area contributed by atoms with Gasteiger partial charge in [0.05, 0.1) is 11.4 Å². The maximum Gasteiger partial charge on any atom is 0.152 e. The van der Waals surface area contributed by atoms with Crippen molar-refractivity contribution in [1.29, 1.82) is 0 Å². The molecule has 2 nitrogen and oxygen atoms in total. The van der Waals surface area contributed by atoms with Gasteiger partial charge in [0.1, 0.15) is 0 Å². The minimum absolute atomic E-state index is 0.888. The van der Waals surface area contributed by atoms with E-state index in [0.29, 0.717) is 0 Å². The van der Waals surface area contributed by atoms with Gasteiger partial charge in [0.2, 0.25) is 0 Å². The number of halogens is 3. The van der Waals surface area contributed by atoms with Crippen LogP contribution in [0.2, 0.25) is 0 Å². The Hall–Kier alpha value is -0.520. The third-order valence-electron chi connectivity index (χ3n) is 3.16. The zero-order chi connectivity index (χ0) is 14.1. The number of nitrogens with zero attached hydrogens (tertiary/aromatic N) is 1. The molecule has 0 bridgehead atoms. The normalized spacial score (nSPS) is 12.7. The highest BCUT2D eigenvalue weighted by molar-refractivity contribution is 9.10. The van der Waals surface area contributed by atoms with Crippen molar-refractivity contribution in [2.75, 3.05) is 16.8 Å². The molecule has 0 unspecified atom stereocenters. The molecule has 0 amide bonds. The third-order valence-corrected chi connectivity index (χ3v) is 4.71. The zero-order valence-corrected chi connectivity index (χ0v) is 15.3. The number of rotatable bonds is 3. The molecule has 0 fully saturated rings. The molecule has 1 aliphatic rings. The molecule has 5 heteroatoms. The van der Waals surface area contributed by atoms with Gasteiger partial charge in [0.25, 0.3) is 0 Å². The first-order chi connectivity index (χ1) is 9.69. The highest BCUT2D eigenvalue weighted by Gasteiger charge is 2.24. The van der Waals surface area contributed by atoms with E-state index in [9.17, 15) is 0 Å².